The van der Waals surface area contributed by atoms with Crippen LogP contribution in [0.5, 0.6) is 0 Å². The molecule has 5 rings (SSSR count). The van der Waals surface area contributed by atoms with E-state index in [0.29, 0.717) is 11.6 Å². The van der Waals surface area contributed by atoms with Gasteiger partial charge in [-0.2, -0.15) is 0 Å². The number of fused-ring (bicyclic) bond motifs is 2. The van der Waals surface area contributed by atoms with Crippen LogP contribution >= 0.6 is 11.3 Å². The number of nitrogens with one attached hydrogen (secondary N) is 2. The second-order valence-corrected chi connectivity index (χ2v) is 7.22. The molecule has 25 heavy (non-hydrogen) atoms. The van der Waals surface area contributed by atoms with Crippen molar-refractivity contribution in [3.63, 3.8) is 0 Å². The summed E-state index contributed by atoms with van der Waals surface area (Å²) in [5.41, 5.74) is 3.73. The largest absolute Gasteiger partial charge is 0.346 e. The Hall–Kier alpha value is -2.80. The number of alkyl halides is 1. The molecule has 124 valence electrons. The highest BCUT2D eigenvalue weighted by Gasteiger charge is 2.43. The van der Waals surface area contributed by atoms with E-state index in [9.17, 15) is 9.18 Å². The fourth-order valence-electron chi connectivity index (χ4n) is 2.89. The third-order valence-corrected chi connectivity index (χ3v) is 5.33. The van der Waals surface area contributed by atoms with Crippen molar-refractivity contribution in [2.24, 2.45) is 5.92 Å². The zero-order valence-corrected chi connectivity index (χ0v) is 13.8. The van der Waals surface area contributed by atoms with Gasteiger partial charge in [-0.1, -0.05) is 17.4 Å². The highest BCUT2D eigenvalue weighted by Crippen LogP contribution is 2.36. The zero-order chi connectivity index (χ0) is 17.0. The lowest BCUT2D eigenvalue weighted by Crippen LogP contribution is -2.14. The topological polar surface area (TPSA) is 70.7 Å². The van der Waals surface area contributed by atoms with Gasteiger partial charge >= 0.3 is 0 Å². The van der Waals surface area contributed by atoms with Gasteiger partial charge in [0, 0.05) is 23.3 Å². The minimum absolute atomic E-state index is 0.283. The van der Waals surface area contributed by atoms with E-state index in [1.807, 2.05) is 36.7 Å². The number of hydrogen-bond donors (Lipinski definition) is 2. The first-order chi connectivity index (χ1) is 12.2. The molecule has 0 saturated heterocycles. The summed E-state index contributed by atoms with van der Waals surface area (Å²) < 4.78 is 13.9. The first-order valence-corrected chi connectivity index (χ1v) is 8.78. The fraction of sp³-hybridized carbons (Fsp3) is 0.167. The molecule has 1 aliphatic rings. The zero-order valence-electron chi connectivity index (χ0n) is 13.0. The maximum atomic E-state index is 13.0. The van der Waals surface area contributed by atoms with E-state index >= 15 is 0 Å². The van der Waals surface area contributed by atoms with Gasteiger partial charge in [-0.3, -0.25) is 4.79 Å². The number of aromatic amines is 1. The summed E-state index contributed by atoms with van der Waals surface area (Å²) in [5.74, 6) is -0.796. The molecule has 0 bridgehead atoms. The van der Waals surface area contributed by atoms with E-state index in [0.717, 1.165) is 32.4 Å². The number of aromatic nitrogens is 3. The van der Waals surface area contributed by atoms with E-state index in [-0.39, 0.29) is 5.91 Å². The molecule has 2 atom stereocenters. The number of carbonyl (C=O) groups is 1. The van der Waals surface area contributed by atoms with Crippen LogP contribution in [0.4, 0.5) is 9.52 Å². The standard InChI is InChI=1S/C18H13FN4OS/c19-13-7-12(13)17(24)23-18-22-14-2-1-9(6-15(14)25-18)11-5-10-3-4-20-16(10)21-8-11/h1-6,8,12-13H,7H2,(H,20,21)(H,22,23,24)/t12-,13?/m1/s1. The number of H-pyrrole nitrogens is 1. The van der Waals surface area contributed by atoms with Crippen molar-refractivity contribution in [3.05, 3.63) is 42.7 Å². The molecular weight excluding hydrogens is 339 g/mol. The second kappa shape index (κ2) is 5.35. The predicted molar refractivity (Wildman–Crippen MR) is 96.3 cm³/mol. The lowest BCUT2D eigenvalue weighted by molar-refractivity contribution is -0.117. The van der Waals surface area contributed by atoms with Crippen LogP contribution in [-0.2, 0) is 4.79 Å². The molecule has 4 aromatic rings. The van der Waals surface area contributed by atoms with E-state index in [1.54, 1.807) is 0 Å². The molecule has 0 aliphatic heterocycles. The van der Waals surface area contributed by atoms with Crippen molar-refractivity contribution < 1.29 is 9.18 Å². The molecule has 0 spiro atoms. The molecule has 3 heterocycles. The molecule has 7 heteroatoms. The van der Waals surface area contributed by atoms with Gasteiger partial charge in [0.15, 0.2) is 5.13 Å². The van der Waals surface area contributed by atoms with Gasteiger partial charge in [0.2, 0.25) is 5.91 Å². The molecule has 1 aliphatic carbocycles. The van der Waals surface area contributed by atoms with Crippen LogP contribution in [0.3, 0.4) is 0 Å². The highest BCUT2D eigenvalue weighted by molar-refractivity contribution is 7.22. The number of carbonyl (C=O) groups excluding carboxylic acids is 1. The molecule has 1 amide bonds. The molecule has 1 fully saturated rings. The van der Waals surface area contributed by atoms with Crippen LogP contribution in [-0.4, -0.2) is 27.0 Å². The first kappa shape index (κ1) is 14.5. The van der Waals surface area contributed by atoms with Gasteiger partial charge in [0.25, 0.3) is 0 Å². The van der Waals surface area contributed by atoms with Crippen molar-refractivity contribution in [3.8, 4) is 11.1 Å². The average Bonchev–Trinajstić information content (AvgIpc) is 3.02. The second-order valence-electron chi connectivity index (χ2n) is 6.19. The molecule has 1 saturated carbocycles. The lowest BCUT2D eigenvalue weighted by Gasteiger charge is -2.01. The van der Waals surface area contributed by atoms with Gasteiger partial charge in [-0.25, -0.2) is 14.4 Å². The quantitative estimate of drug-likeness (QED) is 0.582. The van der Waals surface area contributed by atoms with Gasteiger partial charge in [-0.05, 0) is 36.2 Å². The lowest BCUT2D eigenvalue weighted by atomic mass is 10.1. The Balaban J connectivity index is 1.47. The van der Waals surface area contributed by atoms with Crippen LogP contribution in [0.2, 0.25) is 0 Å². The van der Waals surface area contributed by atoms with Crippen molar-refractivity contribution in [2.45, 2.75) is 12.6 Å². The average molecular weight is 352 g/mol. The number of benzene rings is 1. The molecule has 2 N–H and O–H groups in total. The summed E-state index contributed by atoms with van der Waals surface area (Å²) in [4.78, 5) is 23.8. The Morgan fingerprint density at radius 1 is 1.28 bits per heavy atom. The van der Waals surface area contributed by atoms with E-state index < -0.39 is 12.1 Å². The number of amides is 1. The molecule has 0 radical (unpaired) electrons. The Labute approximate surface area is 145 Å². The Bertz CT molecular complexity index is 1120. The molecule has 1 aromatic carbocycles. The minimum Gasteiger partial charge on any atom is -0.346 e. The van der Waals surface area contributed by atoms with Crippen LogP contribution in [0.1, 0.15) is 6.42 Å². The molecule has 3 aromatic heterocycles. The monoisotopic (exact) mass is 352 g/mol. The minimum atomic E-state index is -1.00. The van der Waals surface area contributed by atoms with E-state index in [4.69, 9.17) is 0 Å². The normalized spacial score (nSPS) is 19.4. The number of nitrogens with zero attached hydrogens (tertiary/aromatic N) is 2. The van der Waals surface area contributed by atoms with Crippen LogP contribution < -0.4 is 5.32 Å². The summed E-state index contributed by atoms with van der Waals surface area (Å²) in [6.45, 7) is 0. The summed E-state index contributed by atoms with van der Waals surface area (Å²) in [6.07, 6.45) is 3.01. The van der Waals surface area contributed by atoms with Crippen molar-refractivity contribution >= 4 is 43.6 Å². The summed E-state index contributed by atoms with van der Waals surface area (Å²) in [5, 5.41) is 4.28. The van der Waals surface area contributed by atoms with Gasteiger partial charge in [0.1, 0.15) is 11.8 Å². The van der Waals surface area contributed by atoms with E-state index in [2.05, 4.69) is 26.3 Å². The van der Waals surface area contributed by atoms with Gasteiger partial charge < -0.3 is 10.3 Å². The fourth-order valence-corrected chi connectivity index (χ4v) is 3.80. The Kier molecular flexibility index (Phi) is 3.11. The number of pyridine rings is 1. The third kappa shape index (κ3) is 2.56. The summed E-state index contributed by atoms with van der Waals surface area (Å²) in [6, 6.07) is 10.0. The van der Waals surface area contributed by atoms with Crippen molar-refractivity contribution in [2.75, 3.05) is 5.32 Å². The summed E-state index contributed by atoms with van der Waals surface area (Å²) >= 11 is 1.39. The van der Waals surface area contributed by atoms with Gasteiger partial charge in [-0.15, -0.1) is 0 Å². The van der Waals surface area contributed by atoms with Gasteiger partial charge in [0.05, 0.1) is 16.1 Å². The van der Waals surface area contributed by atoms with Crippen LogP contribution in [0, 0.1) is 5.92 Å². The molecular formula is C18H13FN4OS. The number of rotatable bonds is 3. The summed E-state index contributed by atoms with van der Waals surface area (Å²) in [7, 11) is 0. The molecule has 5 nitrogen and oxygen atoms in total. The SMILES string of the molecule is O=C(Nc1nc2ccc(-c3cnc4[nH]ccc4c3)cc2s1)[C@@H]1CC1F. The number of hydrogen-bond acceptors (Lipinski definition) is 4. The highest BCUT2D eigenvalue weighted by atomic mass is 32.1. The smallest absolute Gasteiger partial charge is 0.232 e. The Morgan fingerprint density at radius 2 is 2.16 bits per heavy atom. The maximum Gasteiger partial charge on any atom is 0.232 e. The van der Waals surface area contributed by atoms with Crippen molar-refractivity contribution in [1.29, 1.82) is 0 Å². The van der Waals surface area contributed by atoms with Crippen LogP contribution in [0.25, 0.3) is 32.4 Å². The number of thiazole rings is 1. The van der Waals surface area contributed by atoms with Crippen LogP contribution in [0.15, 0.2) is 42.7 Å². The van der Waals surface area contributed by atoms with Crippen molar-refractivity contribution in [1.82, 2.24) is 15.0 Å². The number of halogens is 1. The first-order valence-electron chi connectivity index (χ1n) is 7.96. The van der Waals surface area contributed by atoms with E-state index in [1.165, 1.54) is 11.3 Å². The maximum absolute atomic E-state index is 13.0. The third-order valence-electron chi connectivity index (χ3n) is 4.40. The number of anilines is 1. The Morgan fingerprint density at radius 3 is 3.00 bits per heavy atom. The predicted octanol–water partition coefficient (Wildman–Crippen LogP) is 4.14. The molecule has 1 unspecified atom stereocenters.